The molecule has 0 saturated heterocycles. The number of thiazole rings is 1. The summed E-state index contributed by atoms with van der Waals surface area (Å²) in [6.45, 7) is 7.02. The number of rotatable bonds is 6. The minimum absolute atomic E-state index is 0.202. The van der Waals surface area contributed by atoms with Crippen LogP contribution in [0.1, 0.15) is 44.7 Å². The first-order valence-electron chi connectivity index (χ1n) is 5.59. The van der Waals surface area contributed by atoms with Crippen molar-refractivity contribution in [3.05, 3.63) is 16.6 Å². The van der Waals surface area contributed by atoms with Gasteiger partial charge in [0, 0.05) is 11.6 Å². The molecule has 0 aromatic carbocycles. The Labute approximate surface area is 102 Å². The molecule has 88 valence electrons. The third kappa shape index (κ3) is 4.30. The van der Waals surface area contributed by atoms with E-state index in [2.05, 4.69) is 23.3 Å². The van der Waals surface area contributed by atoms with Gasteiger partial charge in [0.15, 0.2) is 0 Å². The number of hydrogen-bond donors (Lipinski definition) is 1. The predicted molar refractivity (Wildman–Crippen MR) is 67.2 cm³/mol. The molecule has 0 aliphatic rings. The lowest BCUT2D eigenvalue weighted by atomic mass is 9.90. The van der Waals surface area contributed by atoms with Gasteiger partial charge in [0.05, 0.1) is 17.5 Å². The zero-order valence-electron chi connectivity index (χ0n) is 10.2. The first kappa shape index (κ1) is 13.1. The van der Waals surface area contributed by atoms with Crippen LogP contribution in [-0.4, -0.2) is 11.5 Å². The lowest BCUT2D eigenvalue weighted by Crippen LogP contribution is -2.21. The second-order valence-electron chi connectivity index (χ2n) is 4.65. The van der Waals surface area contributed by atoms with Crippen LogP contribution in [0.2, 0.25) is 0 Å². The molecule has 0 radical (unpaired) electrons. The molecule has 0 amide bonds. The van der Waals surface area contributed by atoms with Crippen LogP contribution in [-0.2, 0) is 0 Å². The minimum atomic E-state index is -0.202. The fourth-order valence-electron chi connectivity index (χ4n) is 1.44. The van der Waals surface area contributed by atoms with Crippen LogP contribution < -0.4 is 5.32 Å². The van der Waals surface area contributed by atoms with Gasteiger partial charge in [-0.1, -0.05) is 0 Å². The maximum Gasteiger partial charge on any atom is 0.109 e. The van der Waals surface area contributed by atoms with Crippen LogP contribution >= 0.6 is 11.3 Å². The molecule has 1 aromatic rings. The molecule has 0 aliphatic carbocycles. The molecule has 0 fully saturated rings. The third-order valence-corrected chi connectivity index (χ3v) is 3.51. The first-order valence-corrected chi connectivity index (χ1v) is 6.47. The van der Waals surface area contributed by atoms with E-state index in [1.54, 1.807) is 11.3 Å². The van der Waals surface area contributed by atoms with Crippen molar-refractivity contribution in [2.75, 3.05) is 6.54 Å². The van der Waals surface area contributed by atoms with E-state index in [9.17, 15) is 0 Å². The van der Waals surface area contributed by atoms with Gasteiger partial charge in [0.25, 0.3) is 0 Å². The Balaban J connectivity index is 2.20. The highest BCUT2D eigenvalue weighted by atomic mass is 32.1. The monoisotopic (exact) mass is 237 g/mol. The van der Waals surface area contributed by atoms with Gasteiger partial charge in [-0.2, -0.15) is 5.26 Å². The van der Waals surface area contributed by atoms with Crippen molar-refractivity contribution in [2.24, 2.45) is 5.41 Å². The molecular weight excluding hydrogens is 218 g/mol. The summed E-state index contributed by atoms with van der Waals surface area (Å²) in [5.74, 6) is 0. The Kier molecular flexibility index (Phi) is 4.91. The number of hydrogen-bond acceptors (Lipinski definition) is 4. The van der Waals surface area contributed by atoms with Crippen molar-refractivity contribution >= 4 is 11.3 Å². The Morgan fingerprint density at radius 2 is 2.38 bits per heavy atom. The van der Waals surface area contributed by atoms with Gasteiger partial charge >= 0.3 is 0 Å². The second-order valence-corrected chi connectivity index (χ2v) is 5.57. The molecule has 1 atom stereocenters. The standard InChI is InChI=1S/C12H19N3S/c1-10(11-15-7-8-16-11)14-6-4-5-12(2,3)9-13/h7-8,10,14H,4-6H2,1-3H3. The van der Waals surface area contributed by atoms with Gasteiger partial charge in [-0.05, 0) is 40.2 Å². The van der Waals surface area contributed by atoms with Crippen molar-refractivity contribution in [2.45, 2.75) is 39.7 Å². The molecule has 1 rings (SSSR count). The molecule has 16 heavy (non-hydrogen) atoms. The lowest BCUT2D eigenvalue weighted by Gasteiger charge is -2.16. The number of nitriles is 1. The van der Waals surface area contributed by atoms with E-state index in [4.69, 9.17) is 5.26 Å². The summed E-state index contributed by atoms with van der Waals surface area (Å²) in [7, 11) is 0. The fourth-order valence-corrected chi connectivity index (χ4v) is 2.11. The normalized spacial score (nSPS) is 13.4. The number of nitrogens with one attached hydrogen (secondary N) is 1. The Morgan fingerprint density at radius 3 is 2.94 bits per heavy atom. The van der Waals surface area contributed by atoms with Gasteiger partial charge in [0.2, 0.25) is 0 Å². The summed E-state index contributed by atoms with van der Waals surface area (Å²) < 4.78 is 0. The maximum absolute atomic E-state index is 8.87. The summed E-state index contributed by atoms with van der Waals surface area (Å²) in [6, 6.07) is 2.63. The van der Waals surface area contributed by atoms with Crippen LogP contribution in [0.25, 0.3) is 0 Å². The molecule has 0 aliphatic heterocycles. The van der Waals surface area contributed by atoms with Crippen LogP contribution in [0.4, 0.5) is 0 Å². The van der Waals surface area contributed by atoms with E-state index in [1.807, 2.05) is 25.4 Å². The zero-order chi connectivity index (χ0) is 12.0. The molecular formula is C12H19N3S. The van der Waals surface area contributed by atoms with Crippen LogP contribution in [0.15, 0.2) is 11.6 Å². The van der Waals surface area contributed by atoms with Gasteiger partial charge in [-0.25, -0.2) is 4.98 Å². The highest BCUT2D eigenvalue weighted by Gasteiger charge is 2.15. The molecule has 1 aromatic heterocycles. The van der Waals surface area contributed by atoms with Crippen molar-refractivity contribution < 1.29 is 0 Å². The lowest BCUT2D eigenvalue weighted by molar-refractivity contribution is 0.417. The highest BCUT2D eigenvalue weighted by Crippen LogP contribution is 2.20. The van der Waals surface area contributed by atoms with Crippen molar-refractivity contribution in [1.82, 2.24) is 10.3 Å². The zero-order valence-corrected chi connectivity index (χ0v) is 11.0. The van der Waals surface area contributed by atoms with Crippen molar-refractivity contribution in [3.8, 4) is 6.07 Å². The molecule has 1 unspecified atom stereocenters. The smallest absolute Gasteiger partial charge is 0.109 e. The van der Waals surface area contributed by atoms with Crippen molar-refractivity contribution in [3.63, 3.8) is 0 Å². The van der Waals surface area contributed by atoms with Crippen LogP contribution in [0.3, 0.4) is 0 Å². The van der Waals surface area contributed by atoms with Crippen molar-refractivity contribution in [1.29, 1.82) is 5.26 Å². The average molecular weight is 237 g/mol. The summed E-state index contributed by atoms with van der Waals surface area (Å²) in [5.41, 5.74) is -0.202. The van der Waals surface area contributed by atoms with Gasteiger partial charge in [0.1, 0.15) is 5.01 Å². The quantitative estimate of drug-likeness (QED) is 0.773. The van der Waals surface area contributed by atoms with Gasteiger partial charge in [-0.15, -0.1) is 11.3 Å². The summed E-state index contributed by atoms with van der Waals surface area (Å²) >= 11 is 1.67. The summed E-state index contributed by atoms with van der Waals surface area (Å²) in [4.78, 5) is 4.26. The number of nitrogens with zero attached hydrogens (tertiary/aromatic N) is 2. The van der Waals surface area contributed by atoms with E-state index in [0.717, 1.165) is 24.4 Å². The average Bonchev–Trinajstić information content (AvgIpc) is 2.77. The molecule has 0 bridgehead atoms. The van der Waals surface area contributed by atoms with E-state index >= 15 is 0 Å². The molecule has 3 nitrogen and oxygen atoms in total. The summed E-state index contributed by atoms with van der Waals surface area (Å²) in [5, 5.41) is 15.4. The molecule has 4 heteroatoms. The third-order valence-electron chi connectivity index (χ3n) is 2.55. The van der Waals surface area contributed by atoms with E-state index in [-0.39, 0.29) is 5.41 Å². The summed E-state index contributed by atoms with van der Waals surface area (Å²) in [6.07, 6.45) is 3.79. The Bertz CT molecular complexity index is 338. The van der Waals surface area contributed by atoms with E-state index in [1.165, 1.54) is 0 Å². The molecule has 1 heterocycles. The highest BCUT2D eigenvalue weighted by molar-refractivity contribution is 7.09. The van der Waals surface area contributed by atoms with Crippen LogP contribution in [0, 0.1) is 16.7 Å². The SMILES string of the molecule is CC(NCCCC(C)(C)C#N)c1nccs1. The maximum atomic E-state index is 8.87. The van der Waals surface area contributed by atoms with Crippen LogP contribution in [0.5, 0.6) is 0 Å². The Morgan fingerprint density at radius 1 is 1.62 bits per heavy atom. The van der Waals surface area contributed by atoms with E-state index < -0.39 is 0 Å². The second kappa shape index (κ2) is 5.97. The van der Waals surface area contributed by atoms with Gasteiger partial charge in [-0.3, -0.25) is 0 Å². The number of aromatic nitrogens is 1. The molecule has 1 N–H and O–H groups in total. The predicted octanol–water partition coefficient (Wildman–Crippen LogP) is 3.12. The molecule has 0 spiro atoms. The van der Waals surface area contributed by atoms with Gasteiger partial charge < -0.3 is 5.32 Å². The topological polar surface area (TPSA) is 48.7 Å². The fraction of sp³-hybridized carbons (Fsp3) is 0.667. The first-order chi connectivity index (χ1) is 7.55. The minimum Gasteiger partial charge on any atom is -0.308 e. The Hall–Kier alpha value is -0.920. The van der Waals surface area contributed by atoms with E-state index in [0.29, 0.717) is 6.04 Å². The largest absolute Gasteiger partial charge is 0.308 e. The molecule has 0 saturated carbocycles.